The van der Waals surface area contributed by atoms with Crippen LogP contribution in [-0.4, -0.2) is 42.8 Å². The van der Waals surface area contributed by atoms with E-state index in [1.165, 1.54) is 20.3 Å². The maximum absolute atomic E-state index is 13.0. The minimum atomic E-state index is -0.719. The van der Waals surface area contributed by atoms with Crippen molar-refractivity contribution < 1.29 is 28.9 Å². The van der Waals surface area contributed by atoms with Gasteiger partial charge in [0.15, 0.2) is 11.5 Å². The van der Waals surface area contributed by atoms with Crippen LogP contribution in [0.3, 0.4) is 0 Å². The Balaban J connectivity index is 2.14. The molecule has 1 atom stereocenters. The summed E-state index contributed by atoms with van der Waals surface area (Å²) in [6.07, 6.45) is 5.11. The summed E-state index contributed by atoms with van der Waals surface area (Å²) in [7, 11) is 2.76. The summed E-state index contributed by atoms with van der Waals surface area (Å²) >= 11 is 6.21. The highest BCUT2D eigenvalue weighted by molar-refractivity contribution is 6.30. The van der Waals surface area contributed by atoms with Crippen molar-refractivity contribution in [2.24, 2.45) is 0 Å². The van der Waals surface area contributed by atoms with Gasteiger partial charge in [0.2, 0.25) is 0 Å². The van der Waals surface area contributed by atoms with Gasteiger partial charge in [0.1, 0.15) is 0 Å². The highest BCUT2D eigenvalue weighted by Crippen LogP contribution is 2.41. The summed E-state index contributed by atoms with van der Waals surface area (Å²) in [5.74, 6) is -1.49. The first-order valence-electron chi connectivity index (χ1n) is 10.6. The fraction of sp³-hybridized carbons (Fsp3) is 0.231. The second-order valence-corrected chi connectivity index (χ2v) is 7.87. The van der Waals surface area contributed by atoms with Gasteiger partial charge >= 0.3 is 11.9 Å². The van der Waals surface area contributed by atoms with Gasteiger partial charge in [-0.2, -0.15) is 0 Å². The van der Waals surface area contributed by atoms with Gasteiger partial charge in [0.25, 0.3) is 0 Å². The van der Waals surface area contributed by atoms with Crippen LogP contribution in [0.4, 0.5) is 0 Å². The van der Waals surface area contributed by atoms with Crippen molar-refractivity contribution in [3.8, 4) is 11.5 Å². The number of aromatic hydroxyl groups is 1. The number of esters is 2. The average Bonchev–Trinajstić information content (AvgIpc) is 2.83. The van der Waals surface area contributed by atoms with E-state index in [-0.39, 0.29) is 17.9 Å². The predicted octanol–water partition coefficient (Wildman–Crippen LogP) is 5.02. The number of hydrogen-bond acceptors (Lipinski definition) is 7. The molecule has 0 radical (unpaired) electrons. The lowest BCUT2D eigenvalue weighted by atomic mass is 9.81. The SMILES string of the molecule is CCOC(=O)C1=CN(C=Cc2ccc(O)c(OC)c2)C(C)=C(C(=O)OC)C1c1cccc(Cl)c1. The Kier molecular flexibility index (Phi) is 8.02. The normalized spacial score (nSPS) is 15.9. The highest BCUT2D eigenvalue weighted by Gasteiger charge is 2.37. The second-order valence-electron chi connectivity index (χ2n) is 7.44. The molecule has 0 amide bonds. The number of carbonyl (C=O) groups excluding carboxylic acids is 2. The third-order valence-corrected chi connectivity index (χ3v) is 5.62. The van der Waals surface area contributed by atoms with Gasteiger partial charge in [-0.1, -0.05) is 29.8 Å². The van der Waals surface area contributed by atoms with E-state index in [1.807, 2.05) is 0 Å². The molecule has 2 aromatic carbocycles. The quantitative estimate of drug-likeness (QED) is 0.553. The Morgan fingerprint density at radius 2 is 1.91 bits per heavy atom. The van der Waals surface area contributed by atoms with Crippen molar-refractivity contribution in [3.05, 3.63) is 87.9 Å². The molecule has 0 spiro atoms. The molecule has 2 aromatic rings. The monoisotopic (exact) mass is 483 g/mol. The summed E-state index contributed by atoms with van der Waals surface area (Å²) < 4.78 is 15.5. The number of allylic oxidation sites excluding steroid dienone is 1. The molecular formula is C26H26ClNO6. The lowest BCUT2D eigenvalue weighted by Gasteiger charge is -2.32. The van der Waals surface area contributed by atoms with E-state index >= 15 is 0 Å². The number of halogens is 1. The maximum atomic E-state index is 13.0. The van der Waals surface area contributed by atoms with E-state index < -0.39 is 17.9 Å². The zero-order valence-corrected chi connectivity index (χ0v) is 20.1. The van der Waals surface area contributed by atoms with E-state index in [2.05, 4.69) is 0 Å². The van der Waals surface area contributed by atoms with E-state index in [0.717, 1.165) is 5.56 Å². The summed E-state index contributed by atoms with van der Waals surface area (Å²) in [6, 6.07) is 11.9. The molecule has 7 nitrogen and oxygen atoms in total. The minimum Gasteiger partial charge on any atom is -0.504 e. The molecule has 0 bridgehead atoms. The zero-order chi connectivity index (χ0) is 24.8. The zero-order valence-electron chi connectivity index (χ0n) is 19.4. The number of hydrogen-bond donors (Lipinski definition) is 1. The number of phenolic OH excluding ortho intramolecular Hbond substituents is 1. The van der Waals surface area contributed by atoms with Crippen LogP contribution in [0, 0.1) is 0 Å². The van der Waals surface area contributed by atoms with E-state index in [9.17, 15) is 14.7 Å². The Labute approximate surface area is 203 Å². The molecule has 8 heteroatoms. The average molecular weight is 484 g/mol. The second kappa shape index (κ2) is 10.9. The highest BCUT2D eigenvalue weighted by atomic mass is 35.5. The molecule has 34 heavy (non-hydrogen) atoms. The molecule has 0 saturated heterocycles. The summed E-state index contributed by atoms with van der Waals surface area (Å²) in [4.78, 5) is 27.6. The Morgan fingerprint density at radius 1 is 1.15 bits per heavy atom. The Morgan fingerprint density at radius 3 is 2.56 bits per heavy atom. The molecule has 3 rings (SSSR count). The van der Waals surface area contributed by atoms with Gasteiger partial charge in [-0.25, -0.2) is 9.59 Å². The Hall–Kier alpha value is -3.71. The van der Waals surface area contributed by atoms with Crippen molar-refractivity contribution >= 4 is 29.6 Å². The molecule has 0 fully saturated rings. The number of benzene rings is 2. The van der Waals surface area contributed by atoms with Gasteiger partial charge in [0.05, 0.1) is 37.9 Å². The first-order valence-corrected chi connectivity index (χ1v) is 10.9. The number of carbonyl (C=O) groups is 2. The fourth-order valence-corrected chi connectivity index (χ4v) is 3.94. The topological polar surface area (TPSA) is 85.3 Å². The number of nitrogens with zero attached hydrogens (tertiary/aromatic N) is 1. The largest absolute Gasteiger partial charge is 0.504 e. The lowest BCUT2D eigenvalue weighted by Crippen LogP contribution is -2.30. The van der Waals surface area contributed by atoms with E-state index in [4.69, 9.17) is 25.8 Å². The van der Waals surface area contributed by atoms with Gasteiger partial charge < -0.3 is 24.2 Å². The first kappa shape index (κ1) is 24.9. The van der Waals surface area contributed by atoms with Crippen LogP contribution in [-0.2, 0) is 19.1 Å². The molecule has 178 valence electrons. The van der Waals surface area contributed by atoms with E-state index in [1.54, 1.807) is 73.6 Å². The maximum Gasteiger partial charge on any atom is 0.336 e. The van der Waals surface area contributed by atoms with Crippen molar-refractivity contribution in [1.29, 1.82) is 0 Å². The number of methoxy groups -OCH3 is 2. The standard InChI is InChI=1S/C26H26ClNO6/c1-5-34-25(30)20-15-28(12-11-17-9-10-21(29)22(13-17)32-3)16(2)23(26(31)33-4)24(20)18-7-6-8-19(27)14-18/h6-15,24,29H,5H2,1-4H3. The smallest absolute Gasteiger partial charge is 0.336 e. The summed E-state index contributed by atoms with van der Waals surface area (Å²) in [6.45, 7) is 3.66. The molecule has 1 unspecified atom stereocenters. The van der Waals surface area contributed by atoms with Crippen molar-refractivity contribution in [2.75, 3.05) is 20.8 Å². The van der Waals surface area contributed by atoms with Crippen LogP contribution in [0.25, 0.3) is 6.08 Å². The molecule has 0 saturated carbocycles. The molecule has 1 aliphatic rings. The van der Waals surface area contributed by atoms with Gasteiger partial charge in [-0.05, 0) is 55.3 Å². The molecule has 0 aliphatic carbocycles. The van der Waals surface area contributed by atoms with Crippen LogP contribution in [0.5, 0.6) is 11.5 Å². The summed E-state index contributed by atoms with van der Waals surface area (Å²) in [5, 5.41) is 10.3. The van der Waals surface area contributed by atoms with Crippen molar-refractivity contribution in [1.82, 2.24) is 4.90 Å². The first-order chi connectivity index (χ1) is 16.3. The van der Waals surface area contributed by atoms with Crippen molar-refractivity contribution in [3.63, 3.8) is 0 Å². The van der Waals surface area contributed by atoms with Crippen LogP contribution < -0.4 is 4.74 Å². The van der Waals surface area contributed by atoms with Crippen LogP contribution in [0.15, 0.2) is 71.7 Å². The molecule has 1 aliphatic heterocycles. The van der Waals surface area contributed by atoms with Crippen LogP contribution in [0.2, 0.25) is 5.02 Å². The predicted molar refractivity (Wildman–Crippen MR) is 129 cm³/mol. The third-order valence-electron chi connectivity index (χ3n) is 5.38. The van der Waals surface area contributed by atoms with Gasteiger partial charge in [-0.3, -0.25) is 0 Å². The summed E-state index contributed by atoms with van der Waals surface area (Å²) in [5.41, 5.74) is 2.54. The molecule has 1 N–H and O–H groups in total. The van der Waals surface area contributed by atoms with Gasteiger partial charge in [0, 0.05) is 23.1 Å². The van der Waals surface area contributed by atoms with Gasteiger partial charge in [-0.15, -0.1) is 0 Å². The molecule has 1 heterocycles. The Bertz CT molecular complexity index is 1180. The molecule has 0 aromatic heterocycles. The lowest BCUT2D eigenvalue weighted by molar-refractivity contribution is -0.139. The number of rotatable bonds is 7. The minimum absolute atomic E-state index is 0.0236. The number of ether oxygens (including phenoxy) is 3. The fourth-order valence-electron chi connectivity index (χ4n) is 3.74. The van der Waals surface area contributed by atoms with Crippen LogP contribution >= 0.6 is 11.6 Å². The number of phenols is 1. The van der Waals surface area contributed by atoms with Crippen molar-refractivity contribution in [2.45, 2.75) is 19.8 Å². The molecular weight excluding hydrogens is 458 g/mol. The van der Waals surface area contributed by atoms with E-state index in [0.29, 0.717) is 27.6 Å². The third kappa shape index (κ3) is 5.26. The van der Waals surface area contributed by atoms with Crippen LogP contribution in [0.1, 0.15) is 30.9 Å².